The normalized spacial score (nSPS) is 10.8. The van der Waals surface area contributed by atoms with E-state index in [1.54, 1.807) is 31.2 Å². The molecule has 0 radical (unpaired) electrons. The highest BCUT2D eigenvalue weighted by Crippen LogP contribution is 2.35. The third-order valence-electron chi connectivity index (χ3n) is 3.51. The van der Waals surface area contributed by atoms with E-state index in [9.17, 15) is 9.59 Å². The summed E-state index contributed by atoms with van der Waals surface area (Å²) in [6.45, 7) is 1.85. The van der Waals surface area contributed by atoms with Crippen LogP contribution in [0.3, 0.4) is 0 Å². The van der Waals surface area contributed by atoms with E-state index < -0.39 is 11.4 Å². The second-order valence-electron chi connectivity index (χ2n) is 4.94. The average Bonchev–Trinajstić information content (AvgIpc) is 2.58. The number of aromatic nitrogens is 2. The number of hydrogen-bond acceptors (Lipinski definition) is 4. The van der Waals surface area contributed by atoms with Crippen LogP contribution in [0.4, 0.5) is 0 Å². The lowest BCUT2D eigenvalue weighted by Crippen LogP contribution is -2.19. The molecule has 0 saturated carbocycles. The maximum absolute atomic E-state index is 12.5. The number of pyridine rings is 2. The standard InChI is InChI=1S/C17H12Cl2N2O3/c1-2-24-17(23)11-8-21-14-10(6-7-20-15(14)16(11)22)9-4-3-5-12(18)13(9)19/h3-8H,2H2,1H3,(H,21,22). The monoisotopic (exact) mass is 362 g/mol. The van der Waals surface area contributed by atoms with Crippen molar-refractivity contribution in [2.75, 3.05) is 6.61 Å². The van der Waals surface area contributed by atoms with Crippen LogP contribution in [0.2, 0.25) is 10.0 Å². The van der Waals surface area contributed by atoms with Gasteiger partial charge in [-0.15, -0.1) is 0 Å². The van der Waals surface area contributed by atoms with Gasteiger partial charge in [0.15, 0.2) is 0 Å². The number of nitrogens with one attached hydrogen (secondary N) is 1. The van der Waals surface area contributed by atoms with Crippen molar-refractivity contribution in [2.24, 2.45) is 0 Å². The largest absolute Gasteiger partial charge is 0.462 e. The minimum Gasteiger partial charge on any atom is -0.462 e. The molecule has 0 aliphatic carbocycles. The van der Waals surface area contributed by atoms with Gasteiger partial charge in [0.1, 0.15) is 11.1 Å². The number of esters is 1. The van der Waals surface area contributed by atoms with Crippen molar-refractivity contribution in [3.05, 3.63) is 62.5 Å². The number of rotatable bonds is 3. The second kappa shape index (κ2) is 6.63. The van der Waals surface area contributed by atoms with Gasteiger partial charge in [0.2, 0.25) is 5.43 Å². The molecular weight excluding hydrogens is 351 g/mol. The Morgan fingerprint density at radius 3 is 2.79 bits per heavy atom. The van der Waals surface area contributed by atoms with Gasteiger partial charge in [-0.1, -0.05) is 35.3 Å². The van der Waals surface area contributed by atoms with Crippen LogP contribution in [0, 0.1) is 0 Å². The summed E-state index contributed by atoms with van der Waals surface area (Å²) in [7, 11) is 0. The number of H-pyrrole nitrogens is 1. The number of carbonyl (C=O) groups is 1. The van der Waals surface area contributed by atoms with Crippen LogP contribution in [0.5, 0.6) is 0 Å². The zero-order valence-corrected chi connectivity index (χ0v) is 14.1. The molecule has 0 fully saturated rings. The van der Waals surface area contributed by atoms with Crippen molar-refractivity contribution in [3.63, 3.8) is 0 Å². The Bertz CT molecular complexity index is 999. The molecule has 2 heterocycles. The number of halogens is 2. The summed E-state index contributed by atoms with van der Waals surface area (Å²) < 4.78 is 4.88. The third kappa shape index (κ3) is 2.77. The molecule has 122 valence electrons. The van der Waals surface area contributed by atoms with Gasteiger partial charge in [0, 0.05) is 23.5 Å². The molecule has 0 atom stereocenters. The Labute approximate surface area is 147 Å². The predicted octanol–water partition coefficient (Wildman–Crippen LogP) is 4.07. The molecule has 3 rings (SSSR count). The van der Waals surface area contributed by atoms with Crippen molar-refractivity contribution in [2.45, 2.75) is 6.92 Å². The number of fused-ring (bicyclic) bond motifs is 1. The number of benzene rings is 1. The molecule has 0 saturated heterocycles. The summed E-state index contributed by atoms with van der Waals surface area (Å²) in [5.41, 5.74) is 1.35. The summed E-state index contributed by atoms with van der Waals surface area (Å²) in [6.07, 6.45) is 2.81. The van der Waals surface area contributed by atoms with E-state index in [4.69, 9.17) is 27.9 Å². The molecule has 3 aromatic rings. The fourth-order valence-electron chi connectivity index (χ4n) is 2.41. The summed E-state index contributed by atoms with van der Waals surface area (Å²) in [6, 6.07) is 6.96. The molecule has 0 aliphatic heterocycles. The number of carbonyl (C=O) groups excluding carboxylic acids is 1. The van der Waals surface area contributed by atoms with Gasteiger partial charge in [-0.3, -0.25) is 9.78 Å². The molecule has 0 aliphatic rings. The average molecular weight is 363 g/mol. The minimum atomic E-state index is -0.686. The fraction of sp³-hybridized carbons (Fsp3) is 0.118. The van der Waals surface area contributed by atoms with Gasteiger partial charge < -0.3 is 9.72 Å². The first-order valence-corrected chi connectivity index (χ1v) is 7.92. The quantitative estimate of drug-likeness (QED) is 0.712. The van der Waals surface area contributed by atoms with Crippen molar-refractivity contribution in [1.82, 2.24) is 9.97 Å². The molecule has 24 heavy (non-hydrogen) atoms. The smallest absolute Gasteiger partial charge is 0.343 e. The van der Waals surface area contributed by atoms with E-state index in [0.717, 1.165) is 0 Å². The van der Waals surface area contributed by atoms with Gasteiger partial charge in [-0.05, 0) is 19.1 Å². The van der Waals surface area contributed by atoms with Gasteiger partial charge >= 0.3 is 5.97 Å². The highest BCUT2D eigenvalue weighted by Gasteiger charge is 2.17. The molecule has 2 aromatic heterocycles. The van der Waals surface area contributed by atoms with Crippen LogP contribution >= 0.6 is 23.2 Å². The Hall–Kier alpha value is -2.37. The summed E-state index contributed by atoms with van der Waals surface area (Å²) in [5, 5.41) is 0.784. The SMILES string of the molecule is CCOC(=O)c1c[nH]c2c(-c3cccc(Cl)c3Cl)ccnc2c1=O. The van der Waals surface area contributed by atoms with Crippen LogP contribution in [0.25, 0.3) is 22.2 Å². The van der Waals surface area contributed by atoms with Gasteiger partial charge in [0.05, 0.1) is 22.2 Å². The Morgan fingerprint density at radius 1 is 1.25 bits per heavy atom. The minimum absolute atomic E-state index is 0.0915. The topological polar surface area (TPSA) is 72.1 Å². The number of nitrogens with zero attached hydrogens (tertiary/aromatic N) is 1. The van der Waals surface area contributed by atoms with E-state index >= 15 is 0 Å². The molecule has 0 bridgehead atoms. The van der Waals surface area contributed by atoms with Gasteiger partial charge in [0.25, 0.3) is 0 Å². The summed E-state index contributed by atoms with van der Waals surface area (Å²) in [5.74, 6) is -0.686. The highest BCUT2D eigenvalue weighted by atomic mass is 35.5. The zero-order valence-electron chi connectivity index (χ0n) is 12.6. The zero-order chi connectivity index (χ0) is 17.3. The Balaban J connectivity index is 2.26. The van der Waals surface area contributed by atoms with Crippen LogP contribution < -0.4 is 5.43 Å². The summed E-state index contributed by atoms with van der Waals surface area (Å²) in [4.78, 5) is 31.4. The molecular formula is C17H12Cl2N2O3. The lowest BCUT2D eigenvalue weighted by atomic mass is 10.0. The van der Waals surface area contributed by atoms with E-state index in [2.05, 4.69) is 9.97 Å². The van der Waals surface area contributed by atoms with Crippen molar-refractivity contribution >= 4 is 40.2 Å². The maximum atomic E-state index is 12.5. The Kier molecular flexibility index (Phi) is 4.55. The van der Waals surface area contributed by atoms with E-state index in [-0.39, 0.29) is 17.7 Å². The first kappa shape index (κ1) is 16.5. The fourth-order valence-corrected chi connectivity index (χ4v) is 2.82. The maximum Gasteiger partial charge on any atom is 0.343 e. The van der Waals surface area contributed by atoms with Gasteiger partial charge in [-0.25, -0.2) is 4.79 Å². The third-order valence-corrected chi connectivity index (χ3v) is 4.33. The van der Waals surface area contributed by atoms with Crippen molar-refractivity contribution in [3.8, 4) is 11.1 Å². The first-order valence-electron chi connectivity index (χ1n) is 7.16. The Morgan fingerprint density at radius 2 is 2.04 bits per heavy atom. The number of ether oxygens (including phenoxy) is 1. The van der Waals surface area contributed by atoms with E-state index in [1.807, 2.05) is 0 Å². The molecule has 1 N–H and O–H groups in total. The van der Waals surface area contributed by atoms with Crippen LogP contribution in [-0.4, -0.2) is 22.5 Å². The molecule has 0 unspecified atom stereocenters. The first-order chi connectivity index (χ1) is 11.5. The van der Waals surface area contributed by atoms with Gasteiger partial charge in [-0.2, -0.15) is 0 Å². The molecule has 0 spiro atoms. The van der Waals surface area contributed by atoms with Crippen molar-refractivity contribution in [1.29, 1.82) is 0 Å². The lowest BCUT2D eigenvalue weighted by molar-refractivity contribution is 0.0524. The number of aromatic amines is 1. The van der Waals surface area contributed by atoms with Crippen molar-refractivity contribution < 1.29 is 9.53 Å². The van der Waals surface area contributed by atoms with Crippen LogP contribution in [0.1, 0.15) is 17.3 Å². The second-order valence-corrected chi connectivity index (χ2v) is 5.72. The van der Waals surface area contributed by atoms with E-state index in [1.165, 1.54) is 12.4 Å². The highest BCUT2D eigenvalue weighted by molar-refractivity contribution is 6.43. The molecule has 0 amide bonds. The molecule has 1 aromatic carbocycles. The van der Waals surface area contributed by atoms with E-state index in [0.29, 0.717) is 26.7 Å². The molecule has 7 heteroatoms. The molecule has 5 nitrogen and oxygen atoms in total. The lowest BCUT2D eigenvalue weighted by Gasteiger charge is -2.10. The predicted molar refractivity (Wildman–Crippen MR) is 93.8 cm³/mol. The van der Waals surface area contributed by atoms with Crippen LogP contribution in [0.15, 0.2) is 41.5 Å². The van der Waals surface area contributed by atoms with Crippen LogP contribution in [-0.2, 0) is 4.74 Å². The number of hydrogen-bond donors (Lipinski definition) is 1. The summed E-state index contributed by atoms with van der Waals surface area (Å²) >= 11 is 12.3.